The quantitative estimate of drug-likeness (QED) is 0.774. The second-order valence-electron chi connectivity index (χ2n) is 4.73. The van der Waals surface area contributed by atoms with Crippen LogP contribution in [0.5, 0.6) is 0 Å². The summed E-state index contributed by atoms with van der Waals surface area (Å²) in [5.74, 6) is -0.982. The molecule has 1 rings (SSSR count). The third kappa shape index (κ3) is 4.52. The Bertz CT molecular complexity index is 437. The van der Waals surface area contributed by atoms with Crippen molar-refractivity contribution in [2.24, 2.45) is 0 Å². The molecule has 0 radical (unpaired) electrons. The molecule has 1 aromatic rings. The normalized spacial score (nSPS) is 12.5. The van der Waals surface area contributed by atoms with Crippen molar-refractivity contribution in [3.63, 3.8) is 0 Å². The predicted molar refractivity (Wildman–Crippen MR) is 75.5 cm³/mol. The molecular weight excluding hydrogens is 245 g/mol. The van der Waals surface area contributed by atoms with E-state index in [9.17, 15) is 9.18 Å². The maximum Gasteiger partial charge on any atom is 0.254 e. The number of rotatable bonds is 6. The highest BCUT2D eigenvalue weighted by molar-refractivity contribution is 5.95. The van der Waals surface area contributed by atoms with Gasteiger partial charge < -0.3 is 16.0 Å². The first kappa shape index (κ1) is 15.4. The number of nitrogens with one attached hydrogen (secondary N) is 1. The van der Waals surface area contributed by atoms with Crippen LogP contribution in [0.2, 0.25) is 0 Å². The SMILES string of the molecule is CCC(C)N(C)CCNC(=O)c1cc(N)ccc1F. The van der Waals surface area contributed by atoms with E-state index in [1.54, 1.807) is 0 Å². The molecule has 1 atom stereocenters. The molecule has 5 heteroatoms. The number of nitrogen functional groups attached to an aromatic ring is 1. The Morgan fingerprint density at radius 1 is 1.53 bits per heavy atom. The summed E-state index contributed by atoms with van der Waals surface area (Å²) in [6.07, 6.45) is 1.05. The average molecular weight is 267 g/mol. The summed E-state index contributed by atoms with van der Waals surface area (Å²) in [7, 11) is 2.00. The predicted octanol–water partition coefficient (Wildman–Crippen LogP) is 1.87. The van der Waals surface area contributed by atoms with Crippen LogP contribution in [0.1, 0.15) is 30.6 Å². The summed E-state index contributed by atoms with van der Waals surface area (Å²) >= 11 is 0. The summed E-state index contributed by atoms with van der Waals surface area (Å²) < 4.78 is 13.5. The highest BCUT2D eigenvalue weighted by atomic mass is 19.1. The molecule has 0 spiro atoms. The van der Waals surface area contributed by atoms with E-state index in [1.807, 2.05) is 7.05 Å². The molecule has 3 N–H and O–H groups in total. The highest BCUT2D eigenvalue weighted by Crippen LogP contribution is 2.11. The fourth-order valence-electron chi connectivity index (χ4n) is 1.69. The van der Waals surface area contributed by atoms with E-state index in [0.717, 1.165) is 13.0 Å². The third-order valence-corrected chi connectivity index (χ3v) is 3.33. The van der Waals surface area contributed by atoms with E-state index in [0.29, 0.717) is 18.3 Å². The lowest BCUT2D eigenvalue weighted by Gasteiger charge is -2.23. The van der Waals surface area contributed by atoms with Crippen molar-refractivity contribution in [3.8, 4) is 0 Å². The Morgan fingerprint density at radius 3 is 2.84 bits per heavy atom. The van der Waals surface area contributed by atoms with E-state index < -0.39 is 11.7 Å². The zero-order valence-corrected chi connectivity index (χ0v) is 11.7. The average Bonchev–Trinajstić information content (AvgIpc) is 2.40. The molecule has 1 amide bonds. The van der Waals surface area contributed by atoms with Crippen molar-refractivity contribution in [2.45, 2.75) is 26.3 Å². The van der Waals surface area contributed by atoms with Gasteiger partial charge >= 0.3 is 0 Å². The maximum absolute atomic E-state index is 13.5. The van der Waals surface area contributed by atoms with Crippen LogP contribution in [0, 0.1) is 5.82 Å². The molecule has 0 aliphatic heterocycles. The van der Waals surface area contributed by atoms with Crippen molar-refractivity contribution in [1.29, 1.82) is 0 Å². The number of carbonyl (C=O) groups is 1. The molecule has 1 unspecified atom stereocenters. The summed E-state index contributed by atoms with van der Waals surface area (Å²) in [6.45, 7) is 5.44. The Labute approximate surface area is 113 Å². The van der Waals surface area contributed by atoms with Crippen LogP contribution in [-0.4, -0.2) is 37.0 Å². The number of carbonyl (C=O) groups excluding carboxylic acids is 1. The fraction of sp³-hybridized carbons (Fsp3) is 0.500. The zero-order valence-electron chi connectivity index (χ0n) is 11.7. The Hall–Kier alpha value is -1.62. The van der Waals surface area contributed by atoms with Crippen LogP contribution in [0.3, 0.4) is 0 Å². The fourth-order valence-corrected chi connectivity index (χ4v) is 1.69. The number of benzene rings is 1. The number of nitrogens with two attached hydrogens (primary N) is 1. The van der Waals surface area contributed by atoms with Gasteiger partial charge in [-0.15, -0.1) is 0 Å². The van der Waals surface area contributed by atoms with Crippen molar-refractivity contribution in [1.82, 2.24) is 10.2 Å². The van der Waals surface area contributed by atoms with Gasteiger partial charge in [-0.2, -0.15) is 0 Å². The van der Waals surface area contributed by atoms with Crippen LogP contribution >= 0.6 is 0 Å². The standard InChI is InChI=1S/C14H22FN3O/c1-4-10(2)18(3)8-7-17-14(19)12-9-11(16)5-6-13(12)15/h5-6,9-10H,4,7-8,16H2,1-3H3,(H,17,19). The number of nitrogens with zero attached hydrogens (tertiary/aromatic N) is 1. The first-order valence-electron chi connectivity index (χ1n) is 6.49. The zero-order chi connectivity index (χ0) is 14.4. The number of anilines is 1. The van der Waals surface area contributed by atoms with Crippen LogP contribution in [0.15, 0.2) is 18.2 Å². The second kappa shape index (κ2) is 7.09. The topological polar surface area (TPSA) is 58.4 Å². The summed E-state index contributed by atoms with van der Waals surface area (Å²) in [6, 6.07) is 4.45. The molecule has 0 saturated heterocycles. The van der Waals surface area contributed by atoms with Gasteiger partial charge in [0, 0.05) is 24.8 Å². The number of hydrogen-bond acceptors (Lipinski definition) is 3. The highest BCUT2D eigenvalue weighted by Gasteiger charge is 2.12. The molecule has 4 nitrogen and oxygen atoms in total. The van der Waals surface area contributed by atoms with Crippen molar-refractivity contribution >= 4 is 11.6 Å². The molecule has 0 aliphatic carbocycles. The molecule has 1 aromatic carbocycles. The Balaban J connectivity index is 2.50. The van der Waals surface area contributed by atoms with Gasteiger partial charge in [-0.1, -0.05) is 6.92 Å². The van der Waals surface area contributed by atoms with Crippen LogP contribution in [-0.2, 0) is 0 Å². The largest absolute Gasteiger partial charge is 0.399 e. The number of hydrogen-bond donors (Lipinski definition) is 2. The van der Waals surface area contributed by atoms with Gasteiger partial charge in [-0.3, -0.25) is 4.79 Å². The van der Waals surface area contributed by atoms with Crippen molar-refractivity contribution in [3.05, 3.63) is 29.6 Å². The van der Waals surface area contributed by atoms with E-state index in [1.165, 1.54) is 18.2 Å². The lowest BCUT2D eigenvalue weighted by atomic mass is 10.1. The van der Waals surface area contributed by atoms with E-state index in [4.69, 9.17) is 5.73 Å². The Morgan fingerprint density at radius 2 is 2.21 bits per heavy atom. The number of amides is 1. The molecule has 19 heavy (non-hydrogen) atoms. The first-order chi connectivity index (χ1) is 8.95. The summed E-state index contributed by atoms with van der Waals surface area (Å²) in [5, 5.41) is 2.70. The minimum atomic E-state index is -0.554. The summed E-state index contributed by atoms with van der Waals surface area (Å²) in [4.78, 5) is 14.0. The van der Waals surface area contributed by atoms with Crippen LogP contribution < -0.4 is 11.1 Å². The van der Waals surface area contributed by atoms with E-state index >= 15 is 0 Å². The maximum atomic E-state index is 13.5. The van der Waals surface area contributed by atoms with Crippen LogP contribution in [0.25, 0.3) is 0 Å². The molecule has 106 valence electrons. The first-order valence-corrected chi connectivity index (χ1v) is 6.49. The minimum Gasteiger partial charge on any atom is -0.399 e. The van der Waals surface area contributed by atoms with Gasteiger partial charge in [0.1, 0.15) is 5.82 Å². The monoisotopic (exact) mass is 267 g/mol. The molecule has 0 saturated carbocycles. The molecule has 0 bridgehead atoms. The van der Waals surface area contributed by atoms with E-state index in [-0.39, 0.29) is 5.56 Å². The van der Waals surface area contributed by atoms with Gasteiger partial charge in [-0.25, -0.2) is 4.39 Å². The van der Waals surface area contributed by atoms with Gasteiger partial charge in [-0.05, 0) is 38.6 Å². The molecular formula is C14H22FN3O. The van der Waals surface area contributed by atoms with Gasteiger partial charge in [0.25, 0.3) is 5.91 Å². The Kier molecular flexibility index (Phi) is 5.76. The molecule has 0 heterocycles. The molecule has 0 aliphatic rings. The summed E-state index contributed by atoms with van der Waals surface area (Å²) in [5.41, 5.74) is 5.91. The minimum absolute atomic E-state index is 0.00815. The van der Waals surface area contributed by atoms with Gasteiger partial charge in [0.05, 0.1) is 5.56 Å². The lowest BCUT2D eigenvalue weighted by molar-refractivity contribution is 0.0943. The number of halogens is 1. The van der Waals surface area contributed by atoms with Crippen molar-refractivity contribution < 1.29 is 9.18 Å². The lowest BCUT2D eigenvalue weighted by Crippen LogP contribution is -2.37. The van der Waals surface area contributed by atoms with Crippen LogP contribution in [0.4, 0.5) is 10.1 Å². The molecule has 0 fully saturated rings. The van der Waals surface area contributed by atoms with Crippen molar-refractivity contribution in [2.75, 3.05) is 25.9 Å². The van der Waals surface area contributed by atoms with E-state index in [2.05, 4.69) is 24.1 Å². The number of likely N-dealkylation sites (N-methyl/N-ethyl adjacent to an activating group) is 1. The van der Waals surface area contributed by atoms with Gasteiger partial charge in [0.2, 0.25) is 0 Å². The molecule has 0 aromatic heterocycles. The van der Waals surface area contributed by atoms with Gasteiger partial charge in [0.15, 0.2) is 0 Å². The third-order valence-electron chi connectivity index (χ3n) is 3.33. The smallest absolute Gasteiger partial charge is 0.254 e. The second-order valence-corrected chi connectivity index (χ2v) is 4.73.